The van der Waals surface area contributed by atoms with Crippen molar-refractivity contribution in [1.29, 1.82) is 0 Å². The molecule has 0 unspecified atom stereocenters. The SMILES string of the molecule is CC1=CC(=Nc2c(NCCCn3ccnc3)nn3ccccc23)C(N)=CC1=O. The maximum Gasteiger partial charge on any atom is 0.183 e. The number of hydrogen-bond donors (Lipinski definition) is 2. The Bertz CT molecular complexity index is 1100. The number of anilines is 1. The lowest BCUT2D eigenvalue weighted by Crippen LogP contribution is -2.17. The summed E-state index contributed by atoms with van der Waals surface area (Å²) in [4.78, 5) is 20.6. The number of fused-ring (bicyclic) bond motifs is 1. The zero-order valence-corrected chi connectivity index (χ0v) is 15.5. The van der Waals surface area contributed by atoms with Crippen molar-refractivity contribution in [2.45, 2.75) is 19.9 Å². The molecule has 3 heterocycles. The van der Waals surface area contributed by atoms with Gasteiger partial charge >= 0.3 is 0 Å². The molecule has 8 heteroatoms. The number of allylic oxidation sites excluding steroid dienone is 3. The molecule has 0 saturated carbocycles. The summed E-state index contributed by atoms with van der Waals surface area (Å²) in [5, 5.41) is 7.97. The smallest absolute Gasteiger partial charge is 0.183 e. The van der Waals surface area contributed by atoms with Gasteiger partial charge in [-0.3, -0.25) is 4.79 Å². The Morgan fingerprint density at radius 3 is 2.96 bits per heavy atom. The highest BCUT2D eigenvalue weighted by Gasteiger charge is 2.17. The van der Waals surface area contributed by atoms with Gasteiger partial charge in [0.25, 0.3) is 0 Å². The van der Waals surface area contributed by atoms with Crippen LogP contribution in [-0.4, -0.2) is 37.2 Å². The lowest BCUT2D eigenvalue weighted by atomic mass is 10.0. The highest BCUT2D eigenvalue weighted by atomic mass is 16.1. The molecule has 3 aromatic heterocycles. The highest BCUT2D eigenvalue weighted by Crippen LogP contribution is 2.31. The maximum atomic E-state index is 11.8. The number of carbonyl (C=O) groups is 1. The second-order valence-electron chi connectivity index (χ2n) is 6.60. The average Bonchev–Trinajstić information content (AvgIpc) is 3.31. The Kier molecular flexibility index (Phi) is 4.76. The molecule has 8 nitrogen and oxygen atoms in total. The van der Waals surface area contributed by atoms with E-state index < -0.39 is 0 Å². The van der Waals surface area contributed by atoms with Gasteiger partial charge in [0.2, 0.25) is 0 Å². The van der Waals surface area contributed by atoms with Crippen molar-refractivity contribution in [3.05, 3.63) is 66.5 Å². The number of rotatable bonds is 6. The van der Waals surface area contributed by atoms with Crippen LogP contribution in [0.2, 0.25) is 0 Å². The number of imidazole rings is 1. The molecule has 0 amide bonds. The normalized spacial score (nSPS) is 15.8. The van der Waals surface area contributed by atoms with Crippen LogP contribution >= 0.6 is 0 Å². The molecular formula is C20H21N7O. The molecule has 4 rings (SSSR count). The van der Waals surface area contributed by atoms with Gasteiger partial charge in [-0.1, -0.05) is 6.07 Å². The number of ketones is 1. The summed E-state index contributed by atoms with van der Waals surface area (Å²) in [6.07, 6.45) is 11.4. The van der Waals surface area contributed by atoms with Crippen LogP contribution in [-0.2, 0) is 11.3 Å². The summed E-state index contributed by atoms with van der Waals surface area (Å²) in [5.41, 5.74) is 9.13. The quantitative estimate of drug-likeness (QED) is 0.509. The van der Waals surface area contributed by atoms with E-state index in [1.54, 1.807) is 30.0 Å². The van der Waals surface area contributed by atoms with Gasteiger partial charge in [-0.2, -0.15) is 0 Å². The number of aliphatic imine (C=N–C) groups is 1. The summed E-state index contributed by atoms with van der Waals surface area (Å²) >= 11 is 0. The van der Waals surface area contributed by atoms with E-state index in [0.717, 1.165) is 25.0 Å². The number of hydrogen-bond acceptors (Lipinski definition) is 6. The Morgan fingerprint density at radius 2 is 2.14 bits per heavy atom. The third-order valence-electron chi connectivity index (χ3n) is 4.52. The molecule has 142 valence electrons. The number of carbonyl (C=O) groups excluding carboxylic acids is 1. The van der Waals surface area contributed by atoms with Gasteiger partial charge in [0.1, 0.15) is 5.69 Å². The topological polar surface area (TPSA) is 103 Å². The van der Waals surface area contributed by atoms with Gasteiger partial charge < -0.3 is 15.6 Å². The Morgan fingerprint density at radius 1 is 1.25 bits per heavy atom. The summed E-state index contributed by atoms with van der Waals surface area (Å²) in [6, 6.07) is 5.80. The van der Waals surface area contributed by atoms with Crippen LogP contribution in [0.3, 0.4) is 0 Å². The lowest BCUT2D eigenvalue weighted by molar-refractivity contribution is -0.111. The molecule has 0 aliphatic heterocycles. The third kappa shape index (κ3) is 3.57. The van der Waals surface area contributed by atoms with Crippen molar-refractivity contribution >= 4 is 28.5 Å². The van der Waals surface area contributed by atoms with E-state index in [1.807, 2.05) is 35.2 Å². The first-order chi connectivity index (χ1) is 13.6. The summed E-state index contributed by atoms with van der Waals surface area (Å²) in [6.45, 7) is 3.36. The van der Waals surface area contributed by atoms with E-state index in [1.165, 1.54) is 6.08 Å². The number of nitrogens with zero attached hydrogens (tertiary/aromatic N) is 5. The van der Waals surface area contributed by atoms with Gasteiger partial charge in [-0.25, -0.2) is 14.5 Å². The monoisotopic (exact) mass is 375 g/mol. The molecule has 0 atom stereocenters. The zero-order valence-electron chi connectivity index (χ0n) is 15.5. The standard InChI is InChI=1S/C20H21N7O/c1-14-11-16(15(21)12-18(14)28)24-19-17-5-2-3-9-27(17)25-20(19)23-6-4-8-26-10-7-22-13-26/h2-3,5,7,9-13H,4,6,8,21H2,1H3,(H,23,25). The van der Waals surface area contributed by atoms with Crippen molar-refractivity contribution < 1.29 is 4.79 Å². The molecule has 0 bridgehead atoms. The largest absolute Gasteiger partial charge is 0.397 e. The molecule has 28 heavy (non-hydrogen) atoms. The Hall–Kier alpha value is -3.68. The first-order valence-corrected chi connectivity index (χ1v) is 9.07. The van der Waals surface area contributed by atoms with Crippen LogP contribution in [0.25, 0.3) is 5.52 Å². The van der Waals surface area contributed by atoms with E-state index in [2.05, 4.69) is 15.4 Å². The van der Waals surface area contributed by atoms with Crippen LogP contribution in [0.1, 0.15) is 13.3 Å². The Balaban J connectivity index is 1.61. The van der Waals surface area contributed by atoms with E-state index >= 15 is 0 Å². The number of nitrogens with one attached hydrogen (secondary N) is 1. The van der Waals surface area contributed by atoms with Crippen LogP contribution in [0.15, 0.2) is 71.5 Å². The molecule has 0 fully saturated rings. The highest BCUT2D eigenvalue weighted by molar-refractivity contribution is 6.22. The summed E-state index contributed by atoms with van der Waals surface area (Å²) < 4.78 is 3.81. The number of nitrogens with two attached hydrogens (primary N) is 1. The molecule has 0 saturated heterocycles. The van der Waals surface area contributed by atoms with Crippen molar-refractivity contribution in [2.24, 2.45) is 10.7 Å². The van der Waals surface area contributed by atoms with Crippen molar-refractivity contribution in [2.75, 3.05) is 11.9 Å². The molecule has 1 aliphatic rings. The predicted octanol–water partition coefficient (Wildman–Crippen LogP) is 2.48. The number of pyridine rings is 1. The van der Waals surface area contributed by atoms with E-state index in [-0.39, 0.29) is 5.78 Å². The molecule has 3 N–H and O–H groups in total. The van der Waals surface area contributed by atoms with Gasteiger partial charge in [0.05, 0.1) is 23.3 Å². The molecule has 0 spiro atoms. The molecular weight excluding hydrogens is 354 g/mol. The van der Waals surface area contributed by atoms with Crippen LogP contribution < -0.4 is 11.1 Å². The van der Waals surface area contributed by atoms with E-state index in [9.17, 15) is 4.79 Å². The average molecular weight is 375 g/mol. The molecule has 0 aromatic carbocycles. The molecule has 1 aliphatic carbocycles. The predicted molar refractivity (Wildman–Crippen MR) is 109 cm³/mol. The second-order valence-corrected chi connectivity index (χ2v) is 6.60. The van der Waals surface area contributed by atoms with Gasteiger partial charge in [-0.05, 0) is 37.1 Å². The number of aromatic nitrogens is 4. The van der Waals surface area contributed by atoms with Crippen molar-refractivity contribution in [3.8, 4) is 0 Å². The minimum absolute atomic E-state index is 0.0887. The third-order valence-corrected chi connectivity index (χ3v) is 4.52. The minimum atomic E-state index is -0.0887. The summed E-state index contributed by atoms with van der Waals surface area (Å²) in [5.74, 6) is 0.592. The van der Waals surface area contributed by atoms with Crippen molar-refractivity contribution in [1.82, 2.24) is 19.2 Å². The molecule has 3 aromatic rings. The van der Waals surface area contributed by atoms with Crippen LogP contribution in [0.4, 0.5) is 11.5 Å². The van der Waals surface area contributed by atoms with Crippen molar-refractivity contribution in [3.63, 3.8) is 0 Å². The first-order valence-electron chi connectivity index (χ1n) is 9.07. The second kappa shape index (κ2) is 7.51. The molecule has 0 radical (unpaired) electrons. The zero-order chi connectivity index (χ0) is 19.5. The first kappa shape index (κ1) is 17.7. The number of aryl methyl sites for hydroxylation is 1. The minimum Gasteiger partial charge on any atom is -0.397 e. The van der Waals surface area contributed by atoms with Gasteiger partial charge in [0.15, 0.2) is 11.6 Å². The van der Waals surface area contributed by atoms with Crippen LogP contribution in [0.5, 0.6) is 0 Å². The van der Waals surface area contributed by atoms with E-state index in [4.69, 9.17) is 10.7 Å². The maximum absolute atomic E-state index is 11.8. The fraction of sp³-hybridized carbons (Fsp3) is 0.200. The fourth-order valence-corrected chi connectivity index (χ4v) is 3.01. The summed E-state index contributed by atoms with van der Waals surface area (Å²) in [7, 11) is 0. The fourth-order valence-electron chi connectivity index (χ4n) is 3.01. The van der Waals surface area contributed by atoms with E-state index in [0.29, 0.717) is 28.5 Å². The van der Waals surface area contributed by atoms with Crippen LogP contribution in [0, 0.1) is 0 Å². The lowest BCUT2D eigenvalue weighted by Gasteiger charge is -2.10. The van der Waals surface area contributed by atoms with Gasteiger partial charge in [-0.15, -0.1) is 5.10 Å². The Labute approximate surface area is 162 Å². The van der Waals surface area contributed by atoms with Gasteiger partial charge in [0, 0.05) is 37.8 Å².